The zero-order valence-corrected chi connectivity index (χ0v) is 11.5. The summed E-state index contributed by atoms with van der Waals surface area (Å²) in [6.07, 6.45) is 2.56. The SMILES string of the molecule is CCCNC(=O)CN(C)c1ncccc1C(N)=S. The Kier molecular flexibility index (Phi) is 5.51. The van der Waals surface area contributed by atoms with Crippen LogP contribution in [0.2, 0.25) is 0 Å². The fourth-order valence-corrected chi connectivity index (χ4v) is 1.66. The molecule has 1 aromatic rings. The van der Waals surface area contributed by atoms with Gasteiger partial charge in [-0.1, -0.05) is 19.1 Å². The average molecular weight is 266 g/mol. The largest absolute Gasteiger partial charge is 0.389 e. The Hall–Kier alpha value is -1.69. The molecule has 1 amide bonds. The number of nitrogens with two attached hydrogens (primary N) is 1. The van der Waals surface area contributed by atoms with Crippen molar-refractivity contribution in [2.24, 2.45) is 5.73 Å². The van der Waals surface area contributed by atoms with E-state index >= 15 is 0 Å². The van der Waals surface area contributed by atoms with Crippen molar-refractivity contribution in [2.45, 2.75) is 13.3 Å². The zero-order chi connectivity index (χ0) is 13.5. The van der Waals surface area contributed by atoms with Crippen LogP contribution in [0.5, 0.6) is 0 Å². The number of likely N-dealkylation sites (N-methyl/N-ethyl adjacent to an activating group) is 1. The molecule has 0 spiro atoms. The molecule has 1 aromatic heterocycles. The van der Waals surface area contributed by atoms with Crippen molar-refractivity contribution in [3.63, 3.8) is 0 Å². The second kappa shape index (κ2) is 6.90. The molecule has 0 unspecified atom stereocenters. The lowest BCUT2D eigenvalue weighted by molar-refractivity contribution is -0.119. The van der Waals surface area contributed by atoms with Gasteiger partial charge in [-0.05, 0) is 18.6 Å². The molecular formula is C12H18N4OS. The molecule has 1 heterocycles. The maximum Gasteiger partial charge on any atom is 0.239 e. The van der Waals surface area contributed by atoms with E-state index in [1.54, 1.807) is 30.3 Å². The van der Waals surface area contributed by atoms with Crippen molar-refractivity contribution in [1.82, 2.24) is 10.3 Å². The summed E-state index contributed by atoms with van der Waals surface area (Å²) in [5, 5.41) is 2.81. The third-order valence-electron chi connectivity index (χ3n) is 2.37. The topological polar surface area (TPSA) is 71.2 Å². The van der Waals surface area contributed by atoms with Gasteiger partial charge in [-0.2, -0.15) is 0 Å². The number of carbonyl (C=O) groups excluding carboxylic acids is 1. The summed E-state index contributed by atoms with van der Waals surface area (Å²) in [5.74, 6) is 0.579. The van der Waals surface area contributed by atoms with Crippen LogP contribution in [0.1, 0.15) is 18.9 Å². The normalized spacial score (nSPS) is 9.89. The van der Waals surface area contributed by atoms with Gasteiger partial charge in [0, 0.05) is 19.8 Å². The van der Waals surface area contributed by atoms with Crippen LogP contribution in [0.4, 0.5) is 5.82 Å². The highest BCUT2D eigenvalue weighted by Crippen LogP contribution is 2.15. The number of anilines is 1. The Morgan fingerprint density at radius 3 is 2.94 bits per heavy atom. The van der Waals surface area contributed by atoms with Gasteiger partial charge in [-0.3, -0.25) is 4.79 Å². The van der Waals surface area contributed by atoms with Crippen LogP contribution < -0.4 is 16.0 Å². The number of pyridine rings is 1. The molecule has 0 aliphatic rings. The quantitative estimate of drug-likeness (QED) is 0.741. The molecule has 0 aliphatic carbocycles. The van der Waals surface area contributed by atoms with Crippen LogP contribution in [-0.4, -0.2) is 36.0 Å². The summed E-state index contributed by atoms with van der Waals surface area (Å²) in [7, 11) is 1.79. The number of amides is 1. The van der Waals surface area contributed by atoms with Crippen molar-refractivity contribution >= 4 is 28.9 Å². The van der Waals surface area contributed by atoms with Gasteiger partial charge in [-0.15, -0.1) is 0 Å². The first-order valence-electron chi connectivity index (χ1n) is 5.79. The molecule has 1 rings (SSSR count). The lowest BCUT2D eigenvalue weighted by Gasteiger charge is -2.20. The smallest absolute Gasteiger partial charge is 0.239 e. The van der Waals surface area contributed by atoms with E-state index in [9.17, 15) is 4.79 Å². The maximum absolute atomic E-state index is 11.6. The Balaban J connectivity index is 2.75. The monoisotopic (exact) mass is 266 g/mol. The van der Waals surface area contributed by atoms with Crippen LogP contribution in [0.3, 0.4) is 0 Å². The highest BCUT2D eigenvalue weighted by atomic mass is 32.1. The number of aromatic nitrogens is 1. The zero-order valence-electron chi connectivity index (χ0n) is 10.6. The Morgan fingerprint density at radius 1 is 1.61 bits per heavy atom. The minimum atomic E-state index is -0.0427. The Morgan fingerprint density at radius 2 is 2.33 bits per heavy atom. The fraction of sp³-hybridized carbons (Fsp3) is 0.417. The van der Waals surface area contributed by atoms with Crippen molar-refractivity contribution < 1.29 is 4.79 Å². The number of carbonyl (C=O) groups is 1. The van der Waals surface area contributed by atoms with Crippen molar-refractivity contribution in [1.29, 1.82) is 0 Å². The number of nitrogens with one attached hydrogen (secondary N) is 1. The van der Waals surface area contributed by atoms with Gasteiger partial charge in [0.15, 0.2) is 0 Å². The first-order valence-corrected chi connectivity index (χ1v) is 6.19. The number of nitrogens with zero attached hydrogens (tertiary/aromatic N) is 2. The summed E-state index contributed by atoms with van der Waals surface area (Å²) in [5.41, 5.74) is 6.31. The minimum absolute atomic E-state index is 0.0427. The summed E-state index contributed by atoms with van der Waals surface area (Å²) in [6.45, 7) is 2.91. The molecule has 3 N–H and O–H groups in total. The van der Waals surface area contributed by atoms with Gasteiger partial charge < -0.3 is 16.0 Å². The second-order valence-electron chi connectivity index (χ2n) is 3.94. The van der Waals surface area contributed by atoms with Crippen LogP contribution in [0, 0.1) is 0 Å². The van der Waals surface area contributed by atoms with Gasteiger partial charge in [0.05, 0.1) is 12.1 Å². The molecule has 0 aliphatic heterocycles. The predicted molar refractivity (Wildman–Crippen MR) is 76.7 cm³/mol. The standard InChI is InChI=1S/C12H18N4OS/c1-3-6-14-10(17)8-16(2)12-9(11(13)18)5-4-7-15-12/h4-5,7H,3,6,8H2,1-2H3,(H2,13,18)(H,14,17). The van der Waals surface area contributed by atoms with Gasteiger partial charge in [0.25, 0.3) is 0 Å². The van der Waals surface area contributed by atoms with Crippen LogP contribution in [0.15, 0.2) is 18.3 Å². The first kappa shape index (κ1) is 14.4. The summed E-state index contributed by atoms with van der Waals surface area (Å²) < 4.78 is 0. The van der Waals surface area contributed by atoms with Gasteiger partial charge in [0.1, 0.15) is 10.8 Å². The van der Waals surface area contributed by atoms with Crippen LogP contribution in [-0.2, 0) is 4.79 Å². The molecular weight excluding hydrogens is 248 g/mol. The number of rotatable bonds is 6. The number of thiocarbonyl (C=S) groups is 1. The summed E-state index contributed by atoms with van der Waals surface area (Å²) in [4.78, 5) is 17.8. The third-order valence-corrected chi connectivity index (χ3v) is 2.59. The molecule has 5 nitrogen and oxygen atoms in total. The van der Waals surface area contributed by atoms with Crippen molar-refractivity contribution in [3.05, 3.63) is 23.9 Å². The first-order chi connectivity index (χ1) is 8.56. The lowest BCUT2D eigenvalue weighted by atomic mass is 10.2. The van der Waals surface area contributed by atoms with E-state index in [2.05, 4.69) is 10.3 Å². The predicted octanol–water partition coefficient (Wildman–Crippen LogP) is 0.678. The highest BCUT2D eigenvalue weighted by molar-refractivity contribution is 7.80. The average Bonchev–Trinajstić information content (AvgIpc) is 2.36. The van der Waals surface area contributed by atoms with Gasteiger partial charge in [0.2, 0.25) is 5.91 Å². The Labute approximate surface area is 112 Å². The van der Waals surface area contributed by atoms with Crippen molar-refractivity contribution in [3.8, 4) is 0 Å². The third kappa shape index (κ3) is 3.96. The van der Waals surface area contributed by atoms with Crippen molar-refractivity contribution in [2.75, 3.05) is 25.0 Å². The molecule has 0 radical (unpaired) electrons. The molecule has 6 heteroatoms. The number of hydrogen-bond donors (Lipinski definition) is 2. The summed E-state index contributed by atoms with van der Waals surface area (Å²) >= 11 is 4.96. The maximum atomic E-state index is 11.6. The summed E-state index contributed by atoms with van der Waals surface area (Å²) in [6, 6.07) is 3.56. The molecule has 18 heavy (non-hydrogen) atoms. The molecule has 0 saturated heterocycles. The molecule has 0 saturated carbocycles. The minimum Gasteiger partial charge on any atom is -0.389 e. The number of hydrogen-bond acceptors (Lipinski definition) is 4. The van der Waals surface area contributed by atoms with E-state index < -0.39 is 0 Å². The van der Waals surface area contributed by atoms with Crippen LogP contribution >= 0.6 is 12.2 Å². The molecule has 0 atom stereocenters. The van der Waals surface area contributed by atoms with E-state index in [0.717, 1.165) is 6.42 Å². The van der Waals surface area contributed by atoms with Crippen LogP contribution in [0.25, 0.3) is 0 Å². The van der Waals surface area contributed by atoms with E-state index in [4.69, 9.17) is 18.0 Å². The van der Waals surface area contributed by atoms with E-state index in [1.807, 2.05) is 6.92 Å². The second-order valence-corrected chi connectivity index (χ2v) is 4.38. The fourth-order valence-electron chi connectivity index (χ4n) is 1.50. The lowest BCUT2D eigenvalue weighted by Crippen LogP contribution is -2.36. The molecule has 0 bridgehead atoms. The van der Waals surface area contributed by atoms with E-state index in [-0.39, 0.29) is 17.4 Å². The Bertz CT molecular complexity index is 436. The highest BCUT2D eigenvalue weighted by Gasteiger charge is 2.13. The molecule has 0 aromatic carbocycles. The van der Waals surface area contributed by atoms with E-state index in [0.29, 0.717) is 17.9 Å². The van der Waals surface area contributed by atoms with E-state index in [1.165, 1.54) is 0 Å². The molecule has 98 valence electrons. The van der Waals surface area contributed by atoms with Gasteiger partial charge in [-0.25, -0.2) is 4.98 Å². The molecule has 0 fully saturated rings. The van der Waals surface area contributed by atoms with Gasteiger partial charge >= 0.3 is 0 Å².